The fourth-order valence-electron chi connectivity index (χ4n) is 1.65. The summed E-state index contributed by atoms with van der Waals surface area (Å²) in [6, 6.07) is 0. The van der Waals surface area contributed by atoms with Crippen LogP contribution in [0.3, 0.4) is 0 Å². The van der Waals surface area contributed by atoms with E-state index in [0.717, 1.165) is 0 Å². The molecule has 132 valence electrons. The van der Waals surface area contributed by atoms with E-state index in [1.165, 1.54) is 0 Å². The van der Waals surface area contributed by atoms with Crippen molar-refractivity contribution in [1.29, 1.82) is 0 Å². The molecule has 16 heteroatoms. The minimum atomic E-state index is -7.32. The predicted molar refractivity (Wildman–Crippen MR) is 40.0 cm³/mol. The Bertz CT molecular complexity index is 399. The molecule has 0 aromatic heterocycles. The van der Waals surface area contributed by atoms with Crippen LogP contribution in [0.15, 0.2) is 0 Å². The van der Waals surface area contributed by atoms with Crippen molar-refractivity contribution in [3.8, 4) is 0 Å². The van der Waals surface area contributed by atoms with E-state index in [2.05, 4.69) is 8.37 Å². The minimum absolute atomic E-state index is 2.51. The zero-order chi connectivity index (χ0) is 18.0. The van der Waals surface area contributed by atoms with Gasteiger partial charge in [0.25, 0.3) is 0 Å². The van der Waals surface area contributed by atoms with E-state index < -0.39 is 47.3 Å². The molecule has 22 heavy (non-hydrogen) atoms. The molecule has 1 aliphatic rings. The summed E-state index contributed by atoms with van der Waals surface area (Å²) >= 11 is -4.63. The Kier molecular flexibility index (Phi) is 4.05. The largest absolute Gasteiger partial charge is 0.431 e. The lowest BCUT2D eigenvalue weighted by atomic mass is 9.79. The number of alkyl halides is 12. The smallest absolute Gasteiger partial charge is 0.238 e. The van der Waals surface area contributed by atoms with Crippen LogP contribution >= 0.6 is 0 Å². The molecule has 1 saturated heterocycles. The molecule has 1 rings (SSSR count). The van der Waals surface area contributed by atoms with Crippen molar-refractivity contribution in [1.82, 2.24) is 0 Å². The lowest BCUT2D eigenvalue weighted by Crippen LogP contribution is -2.79. The van der Waals surface area contributed by atoms with Crippen molar-refractivity contribution in [3.63, 3.8) is 0 Å². The van der Waals surface area contributed by atoms with Gasteiger partial charge in [-0.05, 0) is 0 Å². The maximum absolute atomic E-state index is 12.6. The molecule has 0 aliphatic carbocycles. The van der Waals surface area contributed by atoms with Crippen LogP contribution in [-0.4, -0.2) is 40.1 Å². The highest BCUT2D eigenvalue weighted by atomic mass is 32.2. The molecule has 0 atom stereocenters. The normalized spacial score (nSPS) is 23.8. The lowest BCUT2D eigenvalue weighted by molar-refractivity contribution is -0.464. The highest BCUT2D eigenvalue weighted by Crippen LogP contribution is 2.66. The van der Waals surface area contributed by atoms with Gasteiger partial charge in [-0.15, -0.1) is 0 Å². The number of hydrogen-bond acceptors (Lipinski definition) is 3. The van der Waals surface area contributed by atoms with Crippen LogP contribution < -0.4 is 0 Å². The first-order valence-corrected chi connectivity index (χ1v) is 5.43. The summed E-state index contributed by atoms with van der Waals surface area (Å²) in [5, 5.41) is 0. The van der Waals surface area contributed by atoms with Crippen LogP contribution in [0.4, 0.5) is 52.7 Å². The van der Waals surface area contributed by atoms with E-state index in [1.807, 2.05) is 0 Å². The molecule has 1 heterocycles. The highest BCUT2D eigenvalue weighted by molar-refractivity contribution is 7.75. The SMILES string of the molecule is O=S1OC(C(F)(F)F)(C(F)(F)F)C(C(F)(F)F)(C(F)(F)F)O1. The first-order valence-electron chi connectivity index (χ1n) is 4.43. The standard InChI is InChI=1S/C6F12O3S/c7-3(8,9)1(4(10,11)12)2(5(13,14)15,6(16,17)18)21-22(19)20-1. The number of halogens is 12. The monoisotopic (exact) mass is 380 g/mol. The van der Waals surface area contributed by atoms with Crippen LogP contribution in [-0.2, 0) is 19.7 Å². The molecule has 0 N–H and O–H groups in total. The average molecular weight is 380 g/mol. The molecule has 0 aromatic carbocycles. The molecule has 1 fully saturated rings. The first kappa shape index (κ1) is 19.3. The van der Waals surface area contributed by atoms with Gasteiger partial charge in [0.05, 0.1) is 0 Å². The van der Waals surface area contributed by atoms with Crippen LogP contribution in [0.5, 0.6) is 0 Å². The summed E-state index contributed by atoms with van der Waals surface area (Å²) < 4.78 is 167. The Morgan fingerprint density at radius 3 is 0.864 bits per heavy atom. The third-order valence-corrected chi connectivity index (χ3v) is 3.25. The second kappa shape index (κ2) is 4.62. The van der Waals surface area contributed by atoms with E-state index in [9.17, 15) is 56.9 Å². The fraction of sp³-hybridized carbons (Fsp3) is 1.00. The Morgan fingerprint density at radius 2 is 0.727 bits per heavy atom. The second-order valence-corrected chi connectivity index (χ2v) is 4.47. The van der Waals surface area contributed by atoms with Gasteiger partial charge >= 0.3 is 47.3 Å². The summed E-state index contributed by atoms with van der Waals surface area (Å²) in [6.07, 6.45) is -29.3. The predicted octanol–water partition coefficient (Wildman–Crippen LogP) is 3.34. The molecular formula is C6F12O3S. The molecule has 0 saturated carbocycles. The highest BCUT2D eigenvalue weighted by Gasteiger charge is 3.00. The zero-order valence-corrected chi connectivity index (χ0v) is 9.99. The maximum Gasteiger partial charge on any atom is 0.431 e. The molecule has 0 unspecified atom stereocenters. The van der Waals surface area contributed by atoms with Crippen molar-refractivity contribution < 1.29 is 65.3 Å². The van der Waals surface area contributed by atoms with E-state index in [-0.39, 0.29) is 0 Å². The van der Waals surface area contributed by atoms with Crippen LogP contribution in [0, 0.1) is 0 Å². The van der Waals surface area contributed by atoms with Gasteiger partial charge in [-0.25, -0.2) is 8.37 Å². The Labute approximate surface area is 114 Å². The Morgan fingerprint density at radius 1 is 0.545 bits per heavy atom. The average Bonchev–Trinajstić information content (AvgIpc) is 2.49. The van der Waals surface area contributed by atoms with Gasteiger partial charge in [-0.1, -0.05) is 0 Å². The third-order valence-electron chi connectivity index (χ3n) is 2.48. The summed E-state index contributed by atoms with van der Waals surface area (Å²) in [5.41, 5.74) is -13.9. The van der Waals surface area contributed by atoms with Crippen molar-refractivity contribution in [2.75, 3.05) is 0 Å². The molecule has 0 radical (unpaired) electrons. The third kappa shape index (κ3) is 2.17. The van der Waals surface area contributed by atoms with Gasteiger partial charge in [0.2, 0.25) is 0 Å². The van der Waals surface area contributed by atoms with E-state index >= 15 is 0 Å². The zero-order valence-electron chi connectivity index (χ0n) is 9.17. The molecule has 1 aliphatic heterocycles. The molecule has 0 spiro atoms. The number of rotatable bonds is 0. The second-order valence-electron chi connectivity index (χ2n) is 3.72. The first-order chi connectivity index (χ1) is 9.35. The summed E-state index contributed by atoms with van der Waals surface area (Å²) in [7, 11) is 0. The van der Waals surface area contributed by atoms with Crippen molar-refractivity contribution in [2.45, 2.75) is 35.9 Å². The van der Waals surface area contributed by atoms with Crippen LogP contribution in [0.1, 0.15) is 0 Å². The Hall–Kier alpha value is -0.770. The van der Waals surface area contributed by atoms with Gasteiger partial charge in [0.15, 0.2) is 0 Å². The topological polar surface area (TPSA) is 35.5 Å². The summed E-state index contributed by atoms with van der Waals surface area (Å²) in [4.78, 5) is 0. The minimum Gasteiger partial charge on any atom is -0.238 e. The van der Waals surface area contributed by atoms with Gasteiger partial charge < -0.3 is 0 Å². The van der Waals surface area contributed by atoms with Gasteiger partial charge in [-0.2, -0.15) is 56.9 Å². The van der Waals surface area contributed by atoms with Gasteiger partial charge in [0.1, 0.15) is 0 Å². The quantitative estimate of drug-likeness (QED) is 0.605. The van der Waals surface area contributed by atoms with E-state index in [0.29, 0.717) is 0 Å². The maximum atomic E-state index is 12.6. The van der Waals surface area contributed by atoms with Crippen LogP contribution in [0.2, 0.25) is 0 Å². The molecular weight excluding hydrogens is 380 g/mol. The Balaban J connectivity index is 3.99. The van der Waals surface area contributed by atoms with Crippen LogP contribution in [0.25, 0.3) is 0 Å². The van der Waals surface area contributed by atoms with Gasteiger partial charge in [0, 0.05) is 0 Å². The van der Waals surface area contributed by atoms with E-state index in [4.69, 9.17) is 0 Å². The molecule has 0 bridgehead atoms. The summed E-state index contributed by atoms with van der Waals surface area (Å²) in [6.45, 7) is 0. The van der Waals surface area contributed by atoms with Crippen molar-refractivity contribution >= 4 is 11.4 Å². The molecule has 0 amide bonds. The van der Waals surface area contributed by atoms with Gasteiger partial charge in [-0.3, -0.25) is 0 Å². The lowest BCUT2D eigenvalue weighted by Gasteiger charge is -2.43. The molecule has 0 aromatic rings. The summed E-state index contributed by atoms with van der Waals surface area (Å²) in [5.74, 6) is 0. The fourth-order valence-corrected chi connectivity index (χ4v) is 2.70. The molecule has 3 nitrogen and oxygen atoms in total. The number of hydrogen-bond donors (Lipinski definition) is 0. The van der Waals surface area contributed by atoms with Crippen molar-refractivity contribution in [2.24, 2.45) is 0 Å². The van der Waals surface area contributed by atoms with E-state index in [1.54, 1.807) is 0 Å². The van der Waals surface area contributed by atoms with Crippen molar-refractivity contribution in [3.05, 3.63) is 0 Å².